The Morgan fingerprint density at radius 1 is 1.14 bits per heavy atom. The minimum absolute atomic E-state index is 0.00138. The van der Waals surface area contributed by atoms with E-state index in [0.717, 1.165) is 5.56 Å². The van der Waals surface area contributed by atoms with Crippen LogP contribution in [0.2, 0.25) is 0 Å². The molecule has 178 valence electrons. The van der Waals surface area contributed by atoms with Gasteiger partial charge in [0.2, 0.25) is 5.91 Å². The molecule has 9 heteroatoms. The molecule has 3 rings (SSSR count). The molecule has 1 unspecified atom stereocenters. The standard InChI is InChI=1S/C26H26BN3O5/c1-34-23-11-10-20(15-21(18-28)22-9-5-6-13-29-22)16-24(23)35-14-12-26(31)30-25(27(32)33)17-19-7-3-2-4-8-19/h2-11,13,15-16,25,32-33H,12,14,17H2,1H3,(H,30,31). The quantitative estimate of drug-likeness (QED) is 0.290. The van der Waals surface area contributed by atoms with E-state index in [4.69, 9.17) is 9.47 Å². The van der Waals surface area contributed by atoms with Crippen molar-refractivity contribution in [1.82, 2.24) is 10.3 Å². The smallest absolute Gasteiger partial charge is 0.475 e. The fourth-order valence-corrected chi connectivity index (χ4v) is 3.38. The highest BCUT2D eigenvalue weighted by molar-refractivity contribution is 6.43. The lowest BCUT2D eigenvalue weighted by Gasteiger charge is -2.18. The molecule has 1 atom stereocenters. The third-order valence-corrected chi connectivity index (χ3v) is 5.15. The lowest BCUT2D eigenvalue weighted by Crippen LogP contribution is -2.48. The largest absolute Gasteiger partial charge is 0.493 e. The van der Waals surface area contributed by atoms with Crippen LogP contribution in [0.4, 0.5) is 0 Å². The second-order valence-corrected chi connectivity index (χ2v) is 7.67. The Kier molecular flexibility index (Phi) is 9.43. The number of ether oxygens (including phenoxy) is 2. The fraction of sp³-hybridized carbons (Fsp3) is 0.192. The van der Waals surface area contributed by atoms with Gasteiger partial charge in [-0.3, -0.25) is 9.78 Å². The van der Waals surface area contributed by atoms with Gasteiger partial charge in [0.05, 0.1) is 37.3 Å². The molecule has 35 heavy (non-hydrogen) atoms. The van der Waals surface area contributed by atoms with Gasteiger partial charge in [0.1, 0.15) is 6.07 Å². The first-order valence-corrected chi connectivity index (χ1v) is 11.0. The van der Waals surface area contributed by atoms with Gasteiger partial charge in [-0.05, 0) is 47.9 Å². The Bertz CT molecular complexity index is 1180. The molecule has 0 radical (unpaired) electrons. The fourth-order valence-electron chi connectivity index (χ4n) is 3.38. The minimum atomic E-state index is -1.70. The summed E-state index contributed by atoms with van der Waals surface area (Å²) in [5.41, 5.74) is 2.53. The summed E-state index contributed by atoms with van der Waals surface area (Å²) >= 11 is 0. The molecule has 1 heterocycles. The summed E-state index contributed by atoms with van der Waals surface area (Å²) < 4.78 is 11.1. The molecular weight excluding hydrogens is 445 g/mol. The zero-order valence-electron chi connectivity index (χ0n) is 19.3. The van der Waals surface area contributed by atoms with Crippen molar-refractivity contribution in [2.24, 2.45) is 0 Å². The average molecular weight is 471 g/mol. The molecule has 0 aliphatic rings. The number of rotatable bonds is 11. The molecule has 0 aliphatic carbocycles. The zero-order chi connectivity index (χ0) is 25.0. The maximum absolute atomic E-state index is 12.4. The van der Waals surface area contributed by atoms with Crippen molar-refractivity contribution in [3.63, 3.8) is 0 Å². The van der Waals surface area contributed by atoms with E-state index in [1.165, 1.54) is 7.11 Å². The van der Waals surface area contributed by atoms with Crippen molar-refractivity contribution in [1.29, 1.82) is 5.26 Å². The van der Waals surface area contributed by atoms with Crippen LogP contribution in [0.25, 0.3) is 11.6 Å². The molecule has 3 N–H and O–H groups in total. The molecule has 1 amide bonds. The van der Waals surface area contributed by atoms with Gasteiger partial charge in [-0.2, -0.15) is 5.26 Å². The van der Waals surface area contributed by atoms with Crippen LogP contribution in [0.15, 0.2) is 72.9 Å². The van der Waals surface area contributed by atoms with E-state index in [0.29, 0.717) is 28.3 Å². The van der Waals surface area contributed by atoms with Crippen molar-refractivity contribution in [2.45, 2.75) is 18.8 Å². The van der Waals surface area contributed by atoms with Gasteiger partial charge in [-0.15, -0.1) is 0 Å². The number of carbonyl (C=O) groups is 1. The van der Waals surface area contributed by atoms with E-state index in [1.807, 2.05) is 30.3 Å². The monoisotopic (exact) mass is 471 g/mol. The second kappa shape index (κ2) is 12.9. The van der Waals surface area contributed by atoms with Gasteiger partial charge in [0.25, 0.3) is 0 Å². The van der Waals surface area contributed by atoms with Crippen molar-refractivity contribution < 1.29 is 24.3 Å². The van der Waals surface area contributed by atoms with E-state index in [9.17, 15) is 20.1 Å². The van der Waals surface area contributed by atoms with Crippen LogP contribution in [0.1, 0.15) is 23.2 Å². The van der Waals surface area contributed by atoms with Crippen LogP contribution in [-0.4, -0.2) is 47.7 Å². The number of nitriles is 1. The Balaban J connectivity index is 1.63. The van der Waals surface area contributed by atoms with Crippen molar-refractivity contribution in [3.05, 3.63) is 89.7 Å². The highest BCUT2D eigenvalue weighted by atomic mass is 16.5. The van der Waals surface area contributed by atoms with E-state index in [1.54, 1.807) is 48.7 Å². The van der Waals surface area contributed by atoms with Crippen molar-refractivity contribution in [3.8, 4) is 17.6 Å². The first kappa shape index (κ1) is 25.5. The lowest BCUT2D eigenvalue weighted by molar-refractivity contribution is -0.122. The number of benzene rings is 2. The SMILES string of the molecule is COc1ccc(C=C(C#N)c2ccccn2)cc1OCCC(=O)NC(Cc1ccccc1)B(O)O. The van der Waals surface area contributed by atoms with Gasteiger partial charge >= 0.3 is 7.12 Å². The number of nitrogens with zero attached hydrogens (tertiary/aromatic N) is 2. The molecule has 0 saturated carbocycles. The van der Waals surface area contributed by atoms with Gasteiger partial charge < -0.3 is 24.8 Å². The number of aromatic nitrogens is 1. The Morgan fingerprint density at radius 3 is 2.57 bits per heavy atom. The number of methoxy groups -OCH3 is 1. The summed E-state index contributed by atoms with van der Waals surface area (Å²) in [6, 6.07) is 22.0. The summed E-state index contributed by atoms with van der Waals surface area (Å²) in [5, 5.41) is 31.5. The highest BCUT2D eigenvalue weighted by Gasteiger charge is 2.25. The predicted octanol–water partition coefficient (Wildman–Crippen LogP) is 2.66. The molecule has 0 fully saturated rings. The maximum atomic E-state index is 12.4. The first-order valence-electron chi connectivity index (χ1n) is 11.0. The third-order valence-electron chi connectivity index (χ3n) is 5.15. The predicted molar refractivity (Wildman–Crippen MR) is 133 cm³/mol. The van der Waals surface area contributed by atoms with E-state index in [-0.39, 0.29) is 25.4 Å². The topological polar surface area (TPSA) is 125 Å². The van der Waals surface area contributed by atoms with Gasteiger partial charge in [-0.25, -0.2) is 0 Å². The molecule has 1 aromatic heterocycles. The van der Waals surface area contributed by atoms with Crippen LogP contribution in [-0.2, 0) is 11.2 Å². The van der Waals surface area contributed by atoms with Crippen LogP contribution < -0.4 is 14.8 Å². The number of amides is 1. The number of allylic oxidation sites excluding steroid dienone is 1. The molecule has 3 aromatic rings. The summed E-state index contributed by atoms with van der Waals surface area (Å²) in [4.78, 5) is 16.6. The molecule has 0 saturated heterocycles. The van der Waals surface area contributed by atoms with Gasteiger partial charge in [-0.1, -0.05) is 42.5 Å². The van der Waals surface area contributed by atoms with E-state index >= 15 is 0 Å². The van der Waals surface area contributed by atoms with E-state index < -0.39 is 13.1 Å². The van der Waals surface area contributed by atoms with Crippen molar-refractivity contribution >= 4 is 24.7 Å². The van der Waals surface area contributed by atoms with Crippen molar-refractivity contribution in [2.75, 3.05) is 13.7 Å². The minimum Gasteiger partial charge on any atom is -0.493 e. The molecule has 8 nitrogen and oxygen atoms in total. The molecule has 0 bridgehead atoms. The summed E-state index contributed by atoms with van der Waals surface area (Å²) in [7, 11) is -0.187. The third kappa shape index (κ3) is 7.71. The number of carbonyl (C=O) groups excluding carboxylic acids is 1. The van der Waals surface area contributed by atoms with E-state index in [2.05, 4.69) is 16.4 Å². The number of nitrogens with one attached hydrogen (secondary N) is 1. The average Bonchev–Trinajstić information content (AvgIpc) is 2.88. The second-order valence-electron chi connectivity index (χ2n) is 7.67. The Labute approximate surface area is 204 Å². The molecule has 2 aromatic carbocycles. The summed E-state index contributed by atoms with van der Waals surface area (Å²) in [5.74, 6) is -0.332. The first-order chi connectivity index (χ1) is 17.0. The number of hydrogen-bond acceptors (Lipinski definition) is 7. The van der Waals surface area contributed by atoms with Crippen LogP contribution >= 0.6 is 0 Å². The molecule has 0 spiro atoms. The number of hydrogen-bond donors (Lipinski definition) is 3. The zero-order valence-corrected chi connectivity index (χ0v) is 19.3. The van der Waals surface area contributed by atoms with Crippen LogP contribution in [0, 0.1) is 11.3 Å². The Morgan fingerprint density at radius 2 is 1.91 bits per heavy atom. The van der Waals surface area contributed by atoms with Crippen LogP contribution in [0.3, 0.4) is 0 Å². The van der Waals surface area contributed by atoms with Gasteiger partial charge in [0, 0.05) is 6.20 Å². The summed E-state index contributed by atoms with van der Waals surface area (Å²) in [6.45, 7) is 0.0420. The van der Waals surface area contributed by atoms with Gasteiger partial charge in [0.15, 0.2) is 11.5 Å². The Hall–Kier alpha value is -4.13. The molecular formula is C26H26BN3O5. The normalized spacial score (nSPS) is 11.8. The highest BCUT2D eigenvalue weighted by Crippen LogP contribution is 2.29. The summed E-state index contributed by atoms with van der Waals surface area (Å²) in [6.07, 6.45) is 3.59. The number of pyridine rings is 1. The molecule has 0 aliphatic heterocycles. The lowest BCUT2D eigenvalue weighted by atomic mass is 9.76. The maximum Gasteiger partial charge on any atom is 0.475 e. The van der Waals surface area contributed by atoms with Crippen LogP contribution in [0.5, 0.6) is 11.5 Å².